The van der Waals surface area contributed by atoms with Gasteiger partial charge in [0.25, 0.3) is 11.8 Å². The highest BCUT2D eigenvalue weighted by Crippen LogP contribution is 2.41. The first-order valence-corrected chi connectivity index (χ1v) is 12.2. The van der Waals surface area contributed by atoms with E-state index in [-0.39, 0.29) is 17.7 Å². The average Bonchev–Trinajstić information content (AvgIpc) is 3.14. The van der Waals surface area contributed by atoms with Crippen molar-refractivity contribution in [2.75, 3.05) is 24.5 Å². The van der Waals surface area contributed by atoms with Gasteiger partial charge in [0, 0.05) is 19.6 Å². The molecule has 0 bridgehead atoms. The van der Waals surface area contributed by atoms with Gasteiger partial charge >= 0.3 is 0 Å². The van der Waals surface area contributed by atoms with Crippen LogP contribution in [0.2, 0.25) is 0 Å². The molecule has 34 heavy (non-hydrogen) atoms. The molecule has 2 aliphatic heterocycles. The molecular formula is C29H31N3O2. The molecule has 3 aromatic carbocycles. The summed E-state index contributed by atoms with van der Waals surface area (Å²) in [5.41, 5.74) is 10.9. The number of nitrogens with two attached hydrogens (primary N) is 1. The second-order valence-electron chi connectivity index (χ2n) is 9.32. The van der Waals surface area contributed by atoms with E-state index < -0.39 is 5.54 Å². The van der Waals surface area contributed by atoms with Gasteiger partial charge in [-0.1, -0.05) is 73.7 Å². The van der Waals surface area contributed by atoms with Crippen LogP contribution in [0.25, 0.3) is 0 Å². The third-order valence-corrected chi connectivity index (χ3v) is 7.41. The van der Waals surface area contributed by atoms with E-state index in [2.05, 4.69) is 29.2 Å². The first kappa shape index (κ1) is 22.4. The Morgan fingerprint density at radius 1 is 0.824 bits per heavy atom. The predicted octanol–water partition coefficient (Wildman–Crippen LogP) is 4.81. The summed E-state index contributed by atoms with van der Waals surface area (Å²) < 4.78 is 0. The Kier molecular flexibility index (Phi) is 5.96. The highest BCUT2D eigenvalue weighted by molar-refractivity contribution is 6.23. The van der Waals surface area contributed by atoms with Gasteiger partial charge in [0.2, 0.25) is 0 Å². The summed E-state index contributed by atoms with van der Waals surface area (Å²) in [4.78, 5) is 29.6. The summed E-state index contributed by atoms with van der Waals surface area (Å²) in [6.07, 6.45) is 2.54. The molecule has 5 rings (SSSR count). The number of hydrogen-bond donors (Lipinski definition) is 1. The van der Waals surface area contributed by atoms with Crippen LogP contribution in [0.1, 0.15) is 58.0 Å². The van der Waals surface area contributed by atoms with Crippen LogP contribution < -0.4 is 10.6 Å². The molecule has 0 aromatic heterocycles. The summed E-state index contributed by atoms with van der Waals surface area (Å²) in [5, 5.41) is 0. The molecule has 1 saturated heterocycles. The molecular weight excluding hydrogens is 422 g/mol. The Labute approximate surface area is 201 Å². The first-order valence-electron chi connectivity index (χ1n) is 12.2. The van der Waals surface area contributed by atoms with Crippen molar-refractivity contribution in [2.45, 2.75) is 31.7 Å². The Balaban J connectivity index is 1.43. The number of piperidine rings is 1. The largest absolute Gasteiger partial charge is 0.371 e. The summed E-state index contributed by atoms with van der Waals surface area (Å²) in [5.74, 6) is -0.0896. The van der Waals surface area contributed by atoms with Crippen molar-refractivity contribution in [3.8, 4) is 0 Å². The fourth-order valence-electron chi connectivity index (χ4n) is 5.65. The highest BCUT2D eigenvalue weighted by atomic mass is 16.2. The first-order chi connectivity index (χ1) is 16.6. The number of hydrogen-bond acceptors (Lipinski definition) is 4. The van der Waals surface area contributed by atoms with Gasteiger partial charge in [0.15, 0.2) is 0 Å². The number of carbonyl (C=O) groups excluding carboxylic acids is 2. The van der Waals surface area contributed by atoms with E-state index in [1.165, 1.54) is 4.90 Å². The van der Waals surface area contributed by atoms with Crippen LogP contribution in [0.4, 0.5) is 5.69 Å². The minimum Gasteiger partial charge on any atom is -0.371 e. The average molecular weight is 454 g/mol. The minimum atomic E-state index is -0.586. The third kappa shape index (κ3) is 3.61. The Morgan fingerprint density at radius 2 is 1.41 bits per heavy atom. The Hall–Kier alpha value is -3.44. The van der Waals surface area contributed by atoms with Gasteiger partial charge in [0.1, 0.15) is 0 Å². The zero-order chi connectivity index (χ0) is 23.7. The van der Waals surface area contributed by atoms with E-state index in [0.717, 1.165) is 49.2 Å². The van der Waals surface area contributed by atoms with E-state index >= 15 is 0 Å². The van der Waals surface area contributed by atoms with Crippen LogP contribution in [0.15, 0.2) is 78.9 Å². The van der Waals surface area contributed by atoms with Gasteiger partial charge in [-0.05, 0) is 48.4 Å². The second kappa shape index (κ2) is 9.07. The van der Waals surface area contributed by atoms with E-state index in [1.54, 1.807) is 6.07 Å². The minimum absolute atomic E-state index is 0.165. The summed E-state index contributed by atoms with van der Waals surface area (Å²) in [6, 6.07) is 26.4. The lowest BCUT2D eigenvalue weighted by molar-refractivity contribution is 0.0654. The maximum atomic E-state index is 13.1. The molecule has 0 spiro atoms. The van der Waals surface area contributed by atoms with Crippen LogP contribution >= 0.6 is 0 Å². The topological polar surface area (TPSA) is 66.6 Å². The van der Waals surface area contributed by atoms with Crippen LogP contribution in [-0.2, 0) is 5.54 Å². The van der Waals surface area contributed by atoms with E-state index in [0.29, 0.717) is 17.7 Å². The number of rotatable bonds is 6. The van der Waals surface area contributed by atoms with E-state index in [4.69, 9.17) is 5.73 Å². The maximum absolute atomic E-state index is 13.1. The molecule has 2 N–H and O–H groups in total. The zero-order valence-electron chi connectivity index (χ0n) is 19.6. The number of amides is 2. The number of imide groups is 1. The van der Waals surface area contributed by atoms with E-state index in [9.17, 15) is 9.59 Å². The van der Waals surface area contributed by atoms with E-state index in [1.807, 2.05) is 55.5 Å². The number of benzene rings is 3. The number of anilines is 1. The standard InChI is InChI=1S/C29H31N3O2/c1-2-18-32-27(33)24-14-9-15-25(26(24)28(32)34)31-19-16-23(17-20-31)29(30,21-10-5-3-6-11-21)22-12-7-4-8-13-22/h3-15,23H,2,16-20,30H2,1H3. The molecule has 2 aliphatic rings. The molecule has 0 atom stereocenters. The third-order valence-electron chi connectivity index (χ3n) is 7.41. The molecule has 3 aromatic rings. The van der Waals surface area contributed by atoms with Crippen molar-refractivity contribution in [3.05, 3.63) is 101 Å². The van der Waals surface area contributed by atoms with Crippen molar-refractivity contribution >= 4 is 17.5 Å². The van der Waals surface area contributed by atoms with Crippen LogP contribution in [-0.4, -0.2) is 36.3 Å². The van der Waals surface area contributed by atoms with Gasteiger partial charge < -0.3 is 10.6 Å². The normalized spacial score (nSPS) is 16.8. The number of fused-ring (bicyclic) bond motifs is 1. The van der Waals surface area contributed by atoms with Crippen molar-refractivity contribution in [3.63, 3.8) is 0 Å². The van der Waals surface area contributed by atoms with Crippen molar-refractivity contribution in [2.24, 2.45) is 11.7 Å². The van der Waals surface area contributed by atoms with Crippen molar-refractivity contribution < 1.29 is 9.59 Å². The summed E-state index contributed by atoms with van der Waals surface area (Å²) >= 11 is 0. The van der Waals surface area contributed by atoms with Crippen molar-refractivity contribution in [1.82, 2.24) is 4.90 Å². The van der Waals surface area contributed by atoms with Crippen molar-refractivity contribution in [1.29, 1.82) is 0 Å². The monoisotopic (exact) mass is 453 g/mol. The predicted molar refractivity (Wildman–Crippen MR) is 135 cm³/mol. The SMILES string of the molecule is CCCN1C(=O)c2cccc(N3CCC(C(N)(c4ccccc4)c4ccccc4)CC3)c2C1=O. The lowest BCUT2D eigenvalue weighted by Gasteiger charge is -2.44. The Bertz CT molecular complexity index is 1150. The van der Waals surface area contributed by atoms with Gasteiger partial charge in [-0.25, -0.2) is 0 Å². The summed E-state index contributed by atoms with van der Waals surface area (Å²) in [6.45, 7) is 4.01. The quantitative estimate of drug-likeness (QED) is 0.544. The highest BCUT2D eigenvalue weighted by Gasteiger charge is 2.42. The molecule has 5 nitrogen and oxygen atoms in total. The van der Waals surface area contributed by atoms with Crippen LogP contribution in [0.3, 0.4) is 0 Å². The zero-order valence-corrected chi connectivity index (χ0v) is 19.6. The van der Waals surface area contributed by atoms with Crippen LogP contribution in [0.5, 0.6) is 0 Å². The molecule has 2 amide bonds. The number of carbonyl (C=O) groups is 2. The molecule has 174 valence electrons. The molecule has 0 unspecified atom stereocenters. The number of nitrogens with zero attached hydrogens (tertiary/aromatic N) is 2. The Morgan fingerprint density at radius 3 is 1.97 bits per heavy atom. The molecule has 0 aliphatic carbocycles. The molecule has 2 heterocycles. The van der Waals surface area contributed by atoms with Gasteiger partial charge in [0.05, 0.1) is 22.4 Å². The fourth-order valence-corrected chi connectivity index (χ4v) is 5.65. The molecule has 5 heteroatoms. The molecule has 0 radical (unpaired) electrons. The smallest absolute Gasteiger partial charge is 0.263 e. The van der Waals surface area contributed by atoms with Gasteiger partial charge in [-0.3, -0.25) is 14.5 Å². The van der Waals surface area contributed by atoms with Gasteiger partial charge in [-0.2, -0.15) is 0 Å². The summed E-state index contributed by atoms with van der Waals surface area (Å²) in [7, 11) is 0. The van der Waals surface area contributed by atoms with Crippen LogP contribution in [0, 0.1) is 5.92 Å². The van der Waals surface area contributed by atoms with Gasteiger partial charge in [-0.15, -0.1) is 0 Å². The molecule has 1 fully saturated rings. The lowest BCUT2D eigenvalue weighted by atomic mass is 9.70. The lowest BCUT2D eigenvalue weighted by Crippen LogP contribution is -2.50. The second-order valence-corrected chi connectivity index (χ2v) is 9.32. The molecule has 0 saturated carbocycles. The maximum Gasteiger partial charge on any atom is 0.263 e. The fraction of sp³-hybridized carbons (Fsp3) is 0.310.